The van der Waals surface area contributed by atoms with Crippen LogP contribution >= 0.6 is 0 Å². The van der Waals surface area contributed by atoms with Gasteiger partial charge in [0, 0.05) is 25.2 Å². The molecule has 3 atom stereocenters. The van der Waals surface area contributed by atoms with Gasteiger partial charge in [-0.1, -0.05) is 55.3 Å². The summed E-state index contributed by atoms with van der Waals surface area (Å²) < 4.78 is 5.51. The second-order valence-corrected chi connectivity index (χ2v) is 9.43. The van der Waals surface area contributed by atoms with E-state index in [0.717, 1.165) is 52.0 Å². The van der Waals surface area contributed by atoms with Crippen molar-refractivity contribution >= 4 is 23.4 Å². The van der Waals surface area contributed by atoms with E-state index < -0.39 is 6.04 Å². The van der Waals surface area contributed by atoms with Gasteiger partial charge in [0.25, 0.3) is 11.8 Å². The summed E-state index contributed by atoms with van der Waals surface area (Å²) >= 11 is 0. The molecule has 0 unspecified atom stereocenters. The van der Waals surface area contributed by atoms with E-state index in [9.17, 15) is 14.4 Å². The maximum absolute atomic E-state index is 13.7. The Morgan fingerprint density at radius 3 is 2.49 bits per heavy atom. The Balaban J connectivity index is 1.37. The molecule has 1 saturated carbocycles. The monoisotopic (exact) mass is 476 g/mol. The third-order valence-corrected chi connectivity index (χ3v) is 7.25. The van der Waals surface area contributed by atoms with Crippen LogP contribution in [0.2, 0.25) is 0 Å². The summed E-state index contributed by atoms with van der Waals surface area (Å²) in [6, 6.07) is 15.6. The number of nitrogens with one attached hydrogen (secondary N) is 2. The van der Waals surface area contributed by atoms with Crippen LogP contribution in [0, 0.1) is 0 Å². The van der Waals surface area contributed by atoms with Gasteiger partial charge in [-0.2, -0.15) is 0 Å². The van der Waals surface area contributed by atoms with Crippen LogP contribution < -0.4 is 15.5 Å². The molecule has 0 radical (unpaired) electrons. The Bertz CT molecular complexity index is 1070. The molecule has 1 saturated heterocycles. The molecule has 0 aromatic heterocycles. The molecule has 2 aromatic carbocycles. The van der Waals surface area contributed by atoms with Crippen LogP contribution in [-0.2, 0) is 14.3 Å². The Kier molecular flexibility index (Phi) is 7.11. The molecule has 2 aromatic rings. The molecule has 5 rings (SSSR count). The van der Waals surface area contributed by atoms with E-state index in [1.807, 2.05) is 30.3 Å². The van der Waals surface area contributed by atoms with Crippen molar-refractivity contribution in [3.8, 4) is 0 Å². The number of morpholine rings is 1. The number of rotatable bonds is 5. The average molecular weight is 477 g/mol. The molecule has 35 heavy (non-hydrogen) atoms. The zero-order valence-corrected chi connectivity index (χ0v) is 19.8. The number of para-hydroxylation sites is 1. The van der Waals surface area contributed by atoms with Gasteiger partial charge in [-0.05, 0) is 30.5 Å². The predicted octanol–water partition coefficient (Wildman–Crippen LogP) is 2.26. The minimum Gasteiger partial charge on any atom is -0.379 e. The number of nitrogens with zero attached hydrogens (tertiary/aromatic N) is 2. The van der Waals surface area contributed by atoms with Gasteiger partial charge in [0.2, 0.25) is 5.91 Å². The van der Waals surface area contributed by atoms with Crippen molar-refractivity contribution in [2.24, 2.45) is 0 Å². The third-order valence-electron chi connectivity index (χ3n) is 7.25. The molecule has 8 heteroatoms. The fourth-order valence-electron chi connectivity index (χ4n) is 5.50. The number of amides is 3. The Hall–Kier alpha value is -3.23. The fourth-order valence-corrected chi connectivity index (χ4v) is 5.50. The molecule has 0 spiro atoms. The van der Waals surface area contributed by atoms with Crippen LogP contribution in [0.15, 0.2) is 54.6 Å². The van der Waals surface area contributed by atoms with E-state index >= 15 is 0 Å². The van der Waals surface area contributed by atoms with Crippen LogP contribution in [0.25, 0.3) is 0 Å². The highest BCUT2D eigenvalue weighted by Gasteiger charge is 2.37. The van der Waals surface area contributed by atoms with Crippen LogP contribution in [0.1, 0.15) is 47.6 Å². The van der Waals surface area contributed by atoms with Gasteiger partial charge in [0.05, 0.1) is 24.5 Å². The van der Waals surface area contributed by atoms with Crippen molar-refractivity contribution in [2.45, 2.75) is 43.8 Å². The molecule has 2 heterocycles. The predicted molar refractivity (Wildman–Crippen MR) is 132 cm³/mol. The van der Waals surface area contributed by atoms with E-state index in [4.69, 9.17) is 4.74 Å². The summed E-state index contributed by atoms with van der Waals surface area (Å²) in [6.07, 6.45) is 4.20. The number of carbonyl (C=O) groups excluding carboxylic acids is 3. The second-order valence-electron chi connectivity index (χ2n) is 9.43. The summed E-state index contributed by atoms with van der Waals surface area (Å²) in [5, 5.41) is 6.09. The SMILES string of the molecule is O=C(CN1C(=O)[C@H](c2ccccc2)NC(=O)c2ccccc21)N[C@@H]1CCCC[C@H]1N1CCOCC1. The Morgan fingerprint density at radius 2 is 1.69 bits per heavy atom. The van der Waals surface area contributed by atoms with Crippen LogP contribution in [-0.4, -0.2) is 67.6 Å². The van der Waals surface area contributed by atoms with Gasteiger partial charge in [0.15, 0.2) is 0 Å². The van der Waals surface area contributed by atoms with Gasteiger partial charge in [-0.3, -0.25) is 19.3 Å². The molecule has 8 nitrogen and oxygen atoms in total. The van der Waals surface area contributed by atoms with Gasteiger partial charge in [-0.15, -0.1) is 0 Å². The summed E-state index contributed by atoms with van der Waals surface area (Å²) in [5.74, 6) is -0.858. The highest BCUT2D eigenvalue weighted by atomic mass is 16.5. The molecule has 3 aliphatic rings. The Labute approximate surface area is 205 Å². The summed E-state index contributed by atoms with van der Waals surface area (Å²) in [7, 11) is 0. The van der Waals surface area contributed by atoms with Crippen molar-refractivity contribution in [3.05, 3.63) is 65.7 Å². The largest absolute Gasteiger partial charge is 0.379 e. The summed E-state index contributed by atoms with van der Waals surface area (Å²) in [6.45, 7) is 3.06. The third kappa shape index (κ3) is 5.09. The van der Waals surface area contributed by atoms with Gasteiger partial charge < -0.3 is 20.3 Å². The van der Waals surface area contributed by atoms with Crippen molar-refractivity contribution < 1.29 is 19.1 Å². The lowest BCUT2D eigenvalue weighted by atomic mass is 9.88. The van der Waals surface area contributed by atoms with Gasteiger partial charge in [0.1, 0.15) is 12.6 Å². The maximum atomic E-state index is 13.7. The van der Waals surface area contributed by atoms with Gasteiger partial charge >= 0.3 is 0 Å². The highest BCUT2D eigenvalue weighted by molar-refractivity contribution is 6.12. The molecule has 0 bridgehead atoms. The lowest BCUT2D eigenvalue weighted by Crippen LogP contribution is -2.57. The van der Waals surface area contributed by atoms with E-state index in [2.05, 4.69) is 15.5 Å². The number of carbonyl (C=O) groups is 3. The van der Waals surface area contributed by atoms with E-state index in [1.165, 1.54) is 4.90 Å². The van der Waals surface area contributed by atoms with Crippen molar-refractivity contribution in [1.82, 2.24) is 15.5 Å². The van der Waals surface area contributed by atoms with Crippen molar-refractivity contribution in [3.63, 3.8) is 0 Å². The molecule has 1 aliphatic carbocycles. The Morgan fingerprint density at radius 1 is 0.971 bits per heavy atom. The number of hydrogen-bond acceptors (Lipinski definition) is 5. The minimum absolute atomic E-state index is 0.0383. The molecule has 2 N–H and O–H groups in total. The molecule has 3 amide bonds. The number of ether oxygens (including phenoxy) is 1. The van der Waals surface area contributed by atoms with Gasteiger partial charge in [-0.25, -0.2) is 0 Å². The first-order valence-electron chi connectivity index (χ1n) is 12.5. The molecule has 184 valence electrons. The lowest BCUT2D eigenvalue weighted by molar-refractivity contribution is -0.125. The average Bonchev–Trinajstić information content (AvgIpc) is 3.00. The molecular formula is C27H32N4O4. The summed E-state index contributed by atoms with van der Waals surface area (Å²) in [5.41, 5.74) is 1.52. The minimum atomic E-state index is -0.861. The molecule has 2 fully saturated rings. The first kappa shape index (κ1) is 23.5. The zero-order chi connectivity index (χ0) is 24.2. The molecular weight excluding hydrogens is 444 g/mol. The number of hydrogen-bond donors (Lipinski definition) is 2. The van der Waals surface area contributed by atoms with Crippen LogP contribution in [0.3, 0.4) is 0 Å². The van der Waals surface area contributed by atoms with E-state index in [1.54, 1.807) is 24.3 Å². The standard InChI is InChI=1S/C27H32N4O4/c32-24(28-21-11-5-7-13-23(21)30-14-16-35-17-15-30)18-31-22-12-6-4-10-20(22)26(33)29-25(27(31)34)19-8-2-1-3-9-19/h1-4,6,8-10,12,21,23,25H,5,7,11,13-18H2,(H,28,32)(H,29,33)/t21-,23-,25+/m1/s1. The van der Waals surface area contributed by atoms with Crippen LogP contribution in [0.5, 0.6) is 0 Å². The van der Waals surface area contributed by atoms with Crippen molar-refractivity contribution in [2.75, 3.05) is 37.7 Å². The van der Waals surface area contributed by atoms with E-state index in [-0.39, 0.29) is 36.3 Å². The lowest BCUT2D eigenvalue weighted by Gasteiger charge is -2.42. The first-order valence-corrected chi connectivity index (χ1v) is 12.5. The second kappa shape index (κ2) is 10.6. The van der Waals surface area contributed by atoms with E-state index in [0.29, 0.717) is 16.8 Å². The number of fused-ring (bicyclic) bond motifs is 1. The first-order chi connectivity index (χ1) is 17.1. The van der Waals surface area contributed by atoms with Crippen molar-refractivity contribution in [1.29, 1.82) is 0 Å². The topological polar surface area (TPSA) is 91.0 Å². The summed E-state index contributed by atoms with van der Waals surface area (Å²) in [4.78, 5) is 43.9. The zero-order valence-electron chi connectivity index (χ0n) is 19.8. The smallest absolute Gasteiger partial charge is 0.254 e. The molecule has 2 aliphatic heterocycles. The van der Waals surface area contributed by atoms with Crippen LogP contribution in [0.4, 0.5) is 5.69 Å². The number of anilines is 1. The fraction of sp³-hybridized carbons (Fsp3) is 0.444. The highest BCUT2D eigenvalue weighted by Crippen LogP contribution is 2.29. The normalized spacial score (nSPS) is 25.4. The number of benzene rings is 2. The maximum Gasteiger partial charge on any atom is 0.254 e. The quantitative estimate of drug-likeness (QED) is 0.691.